The molecule has 0 amide bonds. The minimum atomic E-state index is -0.834. The number of rotatable bonds is 9. The molecule has 0 aliphatic carbocycles. The zero-order valence-corrected chi connectivity index (χ0v) is 11.4. The predicted molar refractivity (Wildman–Crippen MR) is 70.1 cm³/mol. The van der Waals surface area contributed by atoms with Crippen molar-refractivity contribution in [3.8, 4) is 0 Å². The Labute approximate surface area is 112 Å². The lowest BCUT2D eigenvalue weighted by atomic mass is 10.1. The fraction of sp³-hybridized carbons (Fsp3) is 0.571. The van der Waals surface area contributed by atoms with E-state index in [0.29, 0.717) is 31.9 Å². The number of halogens is 2. The fourth-order valence-corrected chi connectivity index (χ4v) is 1.80. The van der Waals surface area contributed by atoms with Crippen molar-refractivity contribution < 1.29 is 18.3 Å². The van der Waals surface area contributed by atoms with Crippen molar-refractivity contribution in [2.75, 3.05) is 33.5 Å². The van der Waals surface area contributed by atoms with Crippen molar-refractivity contribution in [2.24, 2.45) is 0 Å². The van der Waals surface area contributed by atoms with Crippen molar-refractivity contribution in [2.45, 2.75) is 19.4 Å². The highest BCUT2D eigenvalue weighted by Crippen LogP contribution is 2.19. The third-order valence-electron chi connectivity index (χ3n) is 2.73. The fourth-order valence-electron chi connectivity index (χ4n) is 1.80. The molecule has 19 heavy (non-hydrogen) atoms. The van der Waals surface area contributed by atoms with E-state index >= 15 is 0 Å². The van der Waals surface area contributed by atoms with Crippen molar-refractivity contribution in [1.29, 1.82) is 0 Å². The first-order chi connectivity index (χ1) is 9.20. The average molecular weight is 273 g/mol. The van der Waals surface area contributed by atoms with Crippen LogP contribution < -0.4 is 5.32 Å². The summed E-state index contributed by atoms with van der Waals surface area (Å²) < 4.78 is 37.3. The molecule has 0 fully saturated rings. The molecule has 1 unspecified atom stereocenters. The summed E-state index contributed by atoms with van der Waals surface area (Å²) in [6.07, 6.45) is 0.779. The van der Waals surface area contributed by atoms with Crippen LogP contribution >= 0.6 is 0 Å². The number of hydrogen-bond donors (Lipinski definition) is 1. The van der Waals surface area contributed by atoms with Crippen LogP contribution in [0.15, 0.2) is 18.2 Å². The Balaban J connectivity index is 2.58. The van der Waals surface area contributed by atoms with Crippen LogP contribution in [0.25, 0.3) is 0 Å². The summed E-state index contributed by atoms with van der Waals surface area (Å²) in [4.78, 5) is 0. The maximum absolute atomic E-state index is 13.7. The van der Waals surface area contributed by atoms with E-state index in [1.807, 2.05) is 6.92 Å². The van der Waals surface area contributed by atoms with Gasteiger partial charge in [0.2, 0.25) is 0 Å². The van der Waals surface area contributed by atoms with Gasteiger partial charge in [-0.2, -0.15) is 0 Å². The molecule has 1 aromatic carbocycles. The molecule has 0 heterocycles. The lowest BCUT2D eigenvalue weighted by Gasteiger charge is -2.19. The van der Waals surface area contributed by atoms with Gasteiger partial charge < -0.3 is 14.8 Å². The zero-order chi connectivity index (χ0) is 14.1. The quantitative estimate of drug-likeness (QED) is 0.702. The minimum Gasteiger partial charge on any atom is -0.385 e. The van der Waals surface area contributed by atoms with Gasteiger partial charge in [-0.1, -0.05) is 19.1 Å². The predicted octanol–water partition coefficient (Wildman–Crippen LogP) is 2.67. The summed E-state index contributed by atoms with van der Waals surface area (Å²) in [6, 6.07) is 3.84. The Morgan fingerprint density at radius 3 is 2.74 bits per heavy atom. The number of ether oxygens (including phenoxy) is 2. The normalized spacial score (nSPS) is 12.6. The van der Waals surface area contributed by atoms with Crippen LogP contribution in [0.1, 0.15) is 24.9 Å². The second kappa shape index (κ2) is 8.96. The summed E-state index contributed by atoms with van der Waals surface area (Å²) in [7, 11) is 1.63. The number of nitrogens with one attached hydrogen (secondary N) is 1. The zero-order valence-electron chi connectivity index (χ0n) is 11.4. The highest BCUT2D eigenvalue weighted by molar-refractivity contribution is 5.22. The molecule has 1 rings (SSSR count). The molecule has 0 aliphatic heterocycles. The largest absolute Gasteiger partial charge is 0.385 e. The SMILES string of the molecule is CCNC(COCCCOC)c1cccc(F)c1F. The maximum atomic E-state index is 13.7. The van der Waals surface area contributed by atoms with Crippen LogP contribution in [-0.2, 0) is 9.47 Å². The van der Waals surface area contributed by atoms with E-state index < -0.39 is 11.6 Å². The van der Waals surface area contributed by atoms with E-state index in [1.54, 1.807) is 13.2 Å². The highest BCUT2D eigenvalue weighted by Gasteiger charge is 2.17. The Kier molecular flexibility index (Phi) is 7.55. The molecule has 0 bridgehead atoms. The Hall–Kier alpha value is -1.04. The van der Waals surface area contributed by atoms with E-state index in [0.717, 1.165) is 12.5 Å². The smallest absolute Gasteiger partial charge is 0.163 e. The molecule has 1 atom stereocenters. The van der Waals surface area contributed by atoms with Gasteiger partial charge >= 0.3 is 0 Å². The van der Waals surface area contributed by atoms with E-state index in [-0.39, 0.29) is 6.04 Å². The van der Waals surface area contributed by atoms with Gasteiger partial charge in [-0.25, -0.2) is 8.78 Å². The molecule has 0 saturated carbocycles. The lowest BCUT2D eigenvalue weighted by Crippen LogP contribution is -2.26. The molecule has 0 saturated heterocycles. The molecule has 0 aromatic heterocycles. The lowest BCUT2D eigenvalue weighted by molar-refractivity contribution is 0.0870. The van der Waals surface area contributed by atoms with Crippen LogP contribution in [0.2, 0.25) is 0 Å². The van der Waals surface area contributed by atoms with Gasteiger partial charge in [0.1, 0.15) is 0 Å². The third kappa shape index (κ3) is 5.22. The second-order valence-corrected chi connectivity index (χ2v) is 4.17. The number of benzene rings is 1. The van der Waals surface area contributed by atoms with E-state index in [4.69, 9.17) is 9.47 Å². The molecule has 3 nitrogen and oxygen atoms in total. The van der Waals surface area contributed by atoms with Crippen LogP contribution in [0.3, 0.4) is 0 Å². The topological polar surface area (TPSA) is 30.5 Å². The molecule has 1 aromatic rings. The van der Waals surface area contributed by atoms with E-state index in [1.165, 1.54) is 6.07 Å². The first-order valence-corrected chi connectivity index (χ1v) is 6.44. The monoisotopic (exact) mass is 273 g/mol. The van der Waals surface area contributed by atoms with Crippen LogP contribution in [0.5, 0.6) is 0 Å². The van der Waals surface area contributed by atoms with Crippen molar-refractivity contribution in [3.63, 3.8) is 0 Å². The number of methoxy groups -OCH3 is 1. The Bertz CT molecular complexity index is 374. The number of hydrogen-bond acceptors (Lipinski definition) is 3. The first kappa shape index (κ1) is 16.0. The van der Waals surface area contributed by atoms with E-state index in [9.17, 15) is 8.78 Å². The molecule has 5 heteroatoms. The standard InChI is InChI=1S/C14H21F2NO2/c1-3-17-13(10-19-9-5-8-18-2)11-6-4-7-12(15)14(11)16/h4,6-7,13,17H,3,5,8-10H2,1-2H3. The van der Waals surface area contributed by atoms with Gasteiger partial charge in [-0.05, 0) is 19.0 Å². The summed E-state index contributed by atoms with van der Waals surface area (Å²) >= 11 is 0. The van der Waals surface area contributed by atoms with Gasteiger partial charge in [-0.3, -0.25) is 0 Å². The number of likely N-dealkylation sites (N-methyl/N-ethyl adjacent to an activating group) is 1. The molecule has 0 radical (unpaired) electrons. The van der Waals surface area contributed by atoms with Crippen molar-refractivity contribution in [1.82, 2.24) is 5.32 Å². The summed E-state index contributed by atoms with van der Waals surface area (Å²) in [5.74, 6) is -1.64. The third-order valence-corrected chi connectivity index (χ3v) is 2.73. The summed E-state index contributed by atoms with van der Waals surface area (Å²) in [5, 5.41) is 3.09. The molecular weight excluding hydrogens is 252 g/mol. The molecule has 0 aliphatic rings. The van der Waals surface area contributed by atoms with Gasteiger partial charge in [0.05, 0.1) is 12.6 Å². The average Bonchev–Trinajstić information content (AvgIpc) is 2.41. The maximum Gasteiger partial charge on any atom is 0.163 e. The van der Waals surface area contributed by atoms with Crippen LogP contribution in [0, 0.1) is 11.6 Å². The van der Waals surface area contributed by atoms with Gasteiger partial charge in [0.15, 0.2) is 11.6 Å². The van der Waals surface area contributed by atoms with Gasteiger partial charge in [0.25, 0.3) is 0 Å². The van der Waals surface area contributed by atoms with Crippen molar-refractivity contribution in [3.05, 3.63) is 35.4 Å². The molecule has 108 valence electrons. The minimum absolute atomic E-state index is 0.300. The highest BCUT2D eigenvalue weighted by atomic mass is 19.2. The van der Waals surface area contributed by atoms with Gasteiger partial charge in [-0.15, -0.1) is 0 Å². The Morgan fingerprint density at radius 1 is 1.26 bits per heavy atom. The molecule has 1 N–H and O–H groups in total. The summed E-state index contributed by atoms with van der Waals surface area (Å²) in [5.41, 5.74) is 0.300. The summed E-state index contributed by atoms with van der Waals surface area (Å²) in [6.45, 7) is 4.03. The van der Waals surface area contributed by atoms with Crippen LogP contribution in [0.4, 0.5) is 8.78 Å². The molecular formula is C14H21F2NO2. The van der Waals surface area contributed by atoms with E-state index in [2.05, 4.69) is 5.32 Å². The second-order valence-electron chi connectivity index (χ2n) is 4.17. The first-order valence-electron chi connectivity index (χ1n) is 6.44. The van der Waals surface area contributed by atoms with Crippen LogP contribution in [-0.4, -0.2) is 33.5 Å². The van der Waals surface area contributed by atoms with Crippen molar-refractivity contribution >= 4 is 0 Å². The Morgan fingerprint density at radius 2 is 2.05 bits per heavy atom. The molecule has 0 spiro atoms. The van der Waals surface area contributed by atoms with Gasteiger partial charge in [0, 0.05) is 25.9 Å².